The third kappa shape index (κ3) is 8.77. The predicted octanol–water partition coefficient (Wildman–Crippen LogP) is 6.63. The fourth-order valence-electron chi connectivity index (χ4n) is 4.27. The molecule has 0 aliphatic carbocycles. The standard InChI is InChI=1S/C31H37Cl2N3O4/c1-19(2)15-27(31(38)39)34-18-28(37)26-12-9-22(23-16-20(3)7-10-24(23)32)30(35-26)21-8-11-25(33)29(17-21)40-14-6-13-36(4)5/h7-12,16-17,19,27,34H,6,13-15,18H2,1-5H3,(H,38,39). The smallest absolute Gasteiger partial charge is 0.320 e. The van der Waals surface area contributed by atoms with Crippen molar-refractivity contribution in [1.82, 2.24) is 15.2 Å². The van der Waals surface area contributed by atoms with Gasteiger partial charge in [-0.05, 0) is 76.2 Å². The zero-order chi connectivity index (χ0) is 29.4. The first-order chi connectivity index (χ1) is 19.0. The van der Waals surface area contributed by atoms with E-state index in [0.29, 0.717) is 40.1 Å². The van der Waals surface area contributed by atoms with Gasteiger partial charge in [0, 0.05) is 28.3 Å². The van der Waals surface area contributed by atoms with Crippen LogP contribution >= 0.6 is 23.2 Å². The van der Waals surface area contributed by atoms with Crippen LogP contribution in [0.1, 0.15) is 42.7 Å². The lowest BCUT2D eigenvalue weighted by molar-refractivity contribution is -0.139. The number of pyridine rings is 1. The number of nitrogens with zero attached hydrogens (tertiary/aromatic N) is 2. The number of nitrogens with one attached hydrogen (secondary N) is 1. The summed E-state index contributed by atoms with van der Waals surface area (Å²) in [6, 6.07) is 13.8. The van der Waals surface area contributed by atoms with Crippen LogP contribution in [0.25, 0.3) is 22.4 Å². The van der Waals surface area contributed by atoms with Crippen molar-refractivity contribution in [1.29, 1.82) is 0 Å². The highest BCUT2D eigenvalue weighted by Crippen LogP contribution is 2.38. The van der Waals surface area contributed by atoms with E-state index in [4.69, 9.17) is 32.9 Å². The van der Waals surface area contributed by atoms with Gasteiger partial charge in [0.2, 0.25) is 0 Å². The van der Waals surface area contributed by atoms with Crippen LogP contribution in [0.3, 0.4) is 0 Å². The lowest BCUT2D eigenvalue weighted by Gasteiger charge is -2.17. The van der Waals surface area contributed by atoms with E-state index in [9.17, 15) is 14.7 Å². The highest BCUT2D eigenvalue weighted by molar-refractivity contribution is 6.33. The molecular formula is C31H37Cl2N3O4. The monoisotopic (exact) mass is 585 g/mol. The fraction of sp³-hybridized carbons (Fsp3) is 0.387. The molecular weight excluding hydrogens is 549 g/mol. The Bertz CT molecular complexity index is 1340. The normalized spacial score (nSPS) is 12.1. The van der Waals surface area contributed by atoms with Gasteiger partial charge in [-0.15, -0.1) is 0 Å². The van der Waals surface area contributed by atoms with E-state index in [1.54, 1.807) is 12.1 Å². The number of halogens is 2. The molecule has 1 aromatic heterocycles. The first-order valence-electron chi connectivity index (χ1n) is 13.3. The van der Waals surface area contributed by atoms with Crippen molar-refractivity contribution in [3.8, 4) is 28.1 Å². The number of hydrogen-bond donors (Lipinski definition) is 2. The molecule has 1 unspecified atom stereocenters. The van der Waals surface area contributed by atoms with Gasteiger partial charge in [-0.25, -0.2) is 4.98 Å². The molecule has 2 N–H and O–H groups in total. The largest absolute Gasteiger partial charge is 0.492 e. The summed E-state index contributed by atoms with van der Waals surface area (Å²) in [5, 5.41) is 13.4. The second kappa shape index (κ2) is 14.6. The number of ketones is 1. The molecule has 1 heterocycles. The molecule has 2 aromatic carbocycles. The van der Waals surface area contributed by atoms with Crippen LogP contribution in [0.4, 0.5) is 0 Å². The van der Waals surface area contributed by atoms with E-state index in [1.165, 1.54) is 0 Å². The number of carbonyl (C=O) groups excluding carboxylic acids is 1. The topological polar surface area (TPSA) is 91.8 Å². The zero-order valence-corrected chi connectivity index (χ0v) is 25.1. The lowest BCUT2D eigenvalue weighted by atomic mass is 9.97. The summed E-state index contributed by atoms with van der Waals surface area (Å²) in [6.07, 6.45) is 1.25. The van der Waals surface area contributed by atoms with Crippen molar-refractivity contribution < 1.29 is 19.4 Å². The van der Waals surface area contributed by atoms with Crippen LogP contribution in [0.15, 0.2) is 48.5 Å². The highest BCUT2D eigenvalue weighted by Gasteiger charge is 2.22. The van der Waals surface area contributed by atoms with E-state index < -0.39 is 12.0 Å². The van der Waals surface area contributed by atoms with Gasteiger partial charge in [0.25, 0.3) is 0 Å². The number of benzene rings is 2. The Morgan fingerprint density at radius 2 is 1.75 bits per heavy atom. The van der Waals surface area contributed by atoms with Crippen LogP contribution in [0.2, 0.25) is 10.0 Å². The van der Waals surface area contributed by atoms with Gasteiger partial charge >= 0.3 is 5.97 Å². The number of ether oxygens (including phenoxy) is 1. The second-order valence-electron chi connectivity index (χ2n) is 10.6. The molecule has 0 radical (unpaired) electrons. The summed E-state index contributed by atoms with van der Waals surface area (Å²) in [4.78, 5) is 31.7. The SMILES string of the molecule is Cc1ccc(Cl)c(-c2ccc(C(=O)CNC(CC(C)C)C(=O)O)nc2-c2ccc(Cl)c(OCCCN(C)C)c2)c1. The summed E-state index contributed by atoms with van der Waals surface area (Å²) in [6.45, 7) is 7.09. The Morgan fingerprint density at radius 3 is 2.42 bits per heavy atom. The molecule has 7 nitrogen and oxygen atoms in total. The molecule has 0 saturated heterocycles. The van der Waals surface area contributed by atoms with Crippen LogP contribution in [-0.4, -0.2) is 66.6 Å². The average molecular weight is 587 g/mol. The van der Waals surface area contributed by atoms with E-state index >= 15 is 0 Å². The van der Waals surface area contributed by atoms with Crippen LogP contribution in [0, 0.1) is 12.8 Å². The number of carboxylic acids is 1. The Labute approximate surface area is 246 Å². The third-order valence-electron chi connectivity index (χ3n) is 6.32. The maximum Gasteiger partial charge on any atom is 0.320 e. The number of carboxylic acid groups (broad SMARTS) is 1. The zero-order valence-electron chi connectivity index (χ0n) is 23.6. The number of aryl methyl sites for hydroxylation is 1. The van der Waals surface area contributed by atoms with E-state index in [2.05, 4.69) is 10.2 Å². The lowest BCUT2D eigenvalue weighted by Crippen LogP contribution is -2.40. The van der Waals surface area contributed by atoms with Crippen molar-refractivity contribution in [3.05, 3.63) is 69.8 Å². The van der Waals surface area contributed by atoms with E-state index in [0.717, 1.165) is 29.7 Å². The minimum Gasteiger partial charge on any atom is -0.492 e. The minimum absolute atomic E-state index is 0.151. The maximum absolute atomic E-state index is 13.2. The van der Waals surface area contributed by atoms with Crippen molar-refractivity contribution in [2.24, 2.45) is 5.92 Å². The highest BCUT2D eigenvalue weighted by atomic mass is 35.5. The molecule has 3 aromatic rings. The van der Waals surface area contributed by atoms with Gasteiger partial charge in [0.05, 0.1) is 23.9 Å². The molecule has 0 amide bonds. The molecule has 0 bridgehead atoms. The van der Waals surface area contributed by atoms with Gasteiger partial charge in [-0.1, -0.05) is 54.7 Å². The maximum atomic E-state index is 13.2. The molecule has 214 valence electrons. The molecule has 3 rings (SSSR count). The van der Waals surface area contributed by atoms with Crippen LogP contribution in [-0.2, 0) is 4.79 Å². The van der Waals surface area contributed by atoms with Gasteiger partial charge < -0.3 is 14.7 Å². The minimum atomic E-state index is -0.987. The Balaban J connectivity index is 2.00. The number of rotatable bonds is 14. The van der Waals surface area contributed by atoms with Gasteiger partial charge in [-0.3, -0.25) is 14.9 Å². The van der Waals surface area contributed by atoms with Crippen molar-refractivity contribution in [2.75, 3.05) is 33.8 Å². The molecule has 40 heavy (non-hydrogen) atoms. The second-order valence-corrected chi connectivity index (χ2v) is 11.4. The summed E-state index contributed by atoms with van der Waals surface area (Å²) < 4.78 is 5.99. The van der Waals surface area contributed by atoms with E-state index in [-0.39, 0.29) is 23.9 Å². The molecule has 0 aliphatic rings. The predicted molar refractivity (Wildman–Crippen MR) is 162 cm³/mol. The Morgan fingerprint density at radius 1 is 1.02 bits per heavy atom. The third-order valence-corrected chi connectivity index (χ3v) is 6.96. The molecule has 0 aliphatic heterocycles. The van der Waals surface area contributed by atoms with Crippen molar-refractivity contribution in [3.63, 3.8) is 0 Å². The van der Waals surface area contributed by atoms with Gasteiger partial charge in [0.15, 0.2) is 5.78 Å². The Kier molecular flexibility index (Phi) is 11.5. The van der Waals surface area contributed by atoms with Crippen molar-refractivity contribution in [2.45, 2.75) is 39.7 Å². The summed E-state index contributed by atoms with van der Waals surface area (Å²) in [5.41, 5.74) is 4.04. The number of Topliss-reactive ketones (excluding diaryl/α,β-unsaturated/α-hetero) is 1. The van der Waals surface area contributed by atoms with Gasteiger partial charge in [0.1, 0.15) is 17.5 Å². The number of aromatic nitrogens is 1. The molecule has 1 atom stereocenters. The van der Waals surface area contributed by atoms with Crippen molar-refractivity contribution >= 4 is 35.0 Å². The Hall–Kier alpha value is -2.97. The van der Waals surface area contributed by atoms with Crippen LogP contribution < -0.4 is 10.1 Å². The number of hydrogen-bond acceptors (Lipinski definition) is 6. The molecule has 0 spiro atoms. The first-order valence-corrected chi connectivity index (χ1v) is 14.1. The molecule has 0 fully saturated rings. The average Bonchev–Trinajstić information content (AvgIpc) is 2.90. The quantitative estimate of drug-likeness (QED) is 0.162. The number of aliphatic carboxylic acids is 1. The summed E-state index contributed by atoms with van der Waals surface area (Å²) in [5.74, 6) is -0.612. The van der Waals surface area contributed by atoms with Crippen LogP contribution in [0.5, 0.6) is 5.75 Å². The molecule has 0 saturated carbocycles. The molecule has 9 heteroatoms. The van der Waals surface area contributed by atoms with E-state index in [1.807, 2.05) is 71.3 Å². The summed E-state index contributed by atoms with van der Waals surface area (Å²) >= 11 is 13.1. The number of carbonyl (C=O) groups is 2. The summed E-state index contributed by atoms with van der Waals surface area (Å²) in [7, 11) is 4.01. The fourth-order valence-corrected chi connectivity index (χ4v) is 4.66. The van der Waals surface area contributed by atoms with Gasteiger partial charge in [-0.2, -0.15) is 0 Å². The first kappa shape index (κ1) is 31.6.